The van der Waals surface area contributed by atoms with E-state index in [9.17, 15) is 18.0 Å². The molecular formula is C13H8ClF3N4O. The second kappa shape index (κ2) is 5.69. The molecule has 114 valence electrons. The van der Waals surface area contributed by atoms with Crippen molar-refractivity contribution >= 4 is 17.5 Å². The van der Waals surface area contributed by atoms with Crippen molar-refractivity contribution in [2.75, 3.05) is 7.05 Å². The maximum atomic E-state index is 13.1. The summed E-state index contributed by atoms with van der Waals surface area (Å²) < 4.78 is 40.1. The van der Waals surface area contributed by atoms with E-state index in [0.29, 0.717) is 0 Å². The lowest BCUT2D eigenvalue weighted by molar-refractivity contribution is -0.137. The fraction of sp³-hybridized carbons (Fsp3) is 0.154. The molecule has 5 nitrogen and oxygen atoms in total. The van der Waals surface area contributed by atoms with Crippen LogP contribution in [0.25, 0.3) is 5.69 Å². The van der Waals surface area contributed by atoms with Crippen molar-refractivity contribution in [3.05, 3.63) is 46.2 Å². The number of amides is 1. The largest absolute Gasteiger partial charge is 0.418 e. The van der Waals surface area contributed by atoms with E-state index in [1.54, 1.807) is 6.07 Å². The van der Waals surface area contributed by atoms with Crippen LogP contribution in [0, 0.1) is 11.3 Å². The van der Waals surface area contributed by atoms with Gasteiger partial charge in [-0.15, -0.1) is 0 Å². The molecule has 1 N–H and O–H groups in total. The van der Waals surface area contributed by atoms with Gasteiger partial charge in [-0.3, -0.25) is 4.79 Å². The first kappa shape index (κ1) is 15.9. The van der Waals surface area contributed by atoms with Gasteiger partial charge >= 0.3 is 6.18 Å². The topological polar surface area (TPSA) is 70.7 Å². The number of carbonyl (C=O) groups is 1. The molecule has 0 spiro atoms. The van der Waals surface area contributed by atoms with Gasteiger partial charge in [0.25, 0.3) is 5.91 Å². The van der Waals surface area contributed by atoms with Crippen molar-refractivity contribution in [1.82, 2.24) is 15.1 Å². The Labute approximate surface area is 127 Å². The molecule has 0 radical (unpaired) electrons. The van der Waals surface area contributed by atoms with E-state index in [-0.39, 0.29) is 22.0 Å². The number of nitrogens with one attached hydrogen (secondary N) is 1. The molecule has 2 rings (SSSR count). The lowest BCUT2D eigenvalue weighted by atomic mass is 10.1. The summed E-state index contributed by atoms with van der Waals surface area (Å²) in [6.45, 7) is 0. The minimum absolute atomic E-state index is 0.103. The highest BCUT2D eigenvalue weighted by Gasteiger charge is 2.35. The number of alkyl halides is 3. The molecular weight excluding hydrogens is 321 g/mol. The fourth-order valence-electron chi connectivity index (χ4n) is 1.86. The smallest absolute Gasteiger partial charge is 0.355 e. The zero-order chi connectivity index (χ0) is 16.5. The average Bonchev–Trinajstić information content (AvgIpc) is 2.89. The quantitative estimate of drug-likeness (QED) is 0.921. The van der Waals surface area contributed by atoms with Crippen LogP contribution < -0.4 is 5.32 Å². The Balaban J connectivity index is 2.71. The predicted molar refractivity (Wildman–Crippen MR) is 71.7 cm³/mol. The van der Waals surface area contributed by atoms with Crippen LogP contribution in [0.5, 0.6) is 0 Å². The van der Waals surface area contributed by atoms with Gasteiger partial charge in [-0.1, -0.05) is 11.6 Å². The summed E-state index contributed by atoms with van der Waals surface area (Å²) in [5, 5.41) is 15.0. The summed E-state index contributed by atoms with van der Waals surface area (Å²) in [5.74, 6) is -0.620. The van der Waals surface area contributed by atoms with Crippen molar-refractivity contribution in [1.29, 1.82) is 5.26 Å². The minimum Gasteiger partial charge on any atom is -0.355 e. The summed E-state index contributed by atoms with van der Waals surface area (Å²) in [6.07, 6.45) is -3.65. The molecule has 0 atom stereocenters. The van der Waals surface area contributed by atoms with E-state index in [0.717, 1.165) is 23.0 Å². The Hall–Kier alpha value is -2.53. The number of hydrogen-bond acceptors (Lipinski definition) is 3. The Morgan fingerprint density at radius 2 is 2.14 bits per heavy atom. The molecule has 1 amide bonds. The Morgan fingerprint density at radius 1 is 1.45 bits per heavy atom. The number of aromatic nitrogens is 2. The van der Waals surface area contributed by atoms with Gasteiger partial charge in [-0.25, -0.2) is 4.68 Å². The molecule has 0 unspecified atom stereocenters. The molecule has 0 bridgehead atoms. The van der Waals surface area contributed by atoms with Gasteiger partial charge in [-0.2, -0.15) is 23.5 Å². The van der Waals surface area contributed by atoms with Crippen molar-refractivity contribution in [2.24, 2.45) is 0 Å². The minimum atomic E-state index is -4.69. The van der Waals surface area contributed by atoms with Crippen molar-refractivity contribution in [3.8, 4) is 11.8 Å². The summed E-state index contributed by atoms with van der Waals surface area (Å²) in [6, 6.07) is 4.76. The van der Waals surface area contributed by atoms with Gasteiger partial charge in [0.15, 0.2) is 5.69 Å². The molecule has 0 aliphatic heterocycles. The zero-order valence-electron chi connectivity index (χ0n) is 11.1. The Kier molecular flexibility index (Phi) is 4.10. The van der Waals surface area contributed by atoms with E-state index in [1.807, 2.05) is 0 Å². The summed E-state index contributed by atoms with van der Waals surface area (Å²) >= 11 is 5.60. The van der Waals surface area contributed by atoms with Crippen molar-refractivity contribution in [3.63, 3.8) is 0 Å². The molecule has 0 aliphatic carbocycles. The van der Waals surface area contributed by atoms with E-state index in [1.165, 1.54) is 13.1 Å². The zero-order valence-corrected chi connectivity index (χ0v) is 11.8. The van der Waals surface area contributed by atoms with Gasteiger partial charge in [-0.05, 0) is 18.2 Å². The number of carbonyl (C=O) groups excluding carboxylic acids is 1. The second-order valence-electron chi connectivity index (χ2n) is 4.17. The number of benzene rings is 1. The first-order chi connectivity index (χ1) is 10.3. The van der Waals surface area contributed by atoms with Crippen molar-refractivity contribution < 1.29 is 18.0 Å². The summed E-state index contributed by atoms with van der Waals surface area (Å²) in [5.41, 5.74) is -1.85. The van der Waals surface area contributed by atoms with Crippen LogP contribution in [-0.4, -0.2) is 22.7 Å². The molecule has 0 fully saturated rings. The Morgan fingerprint density at radius 3 is 2.68 bits per heavy atom. The maximum Gasteiger partial charge on any atom is 0.418 e. The molecule has 2 aromatic rings. The van der Waals surface area contributed by atoms with E-state index in [2.05, 4.69) is 10.4 Å². The van der Waals surface area contributed by atoms with Gasteiger partial charge in [0, 0.05) is 12.1 Å². The van der Waals surface area contributed by atoms with Gasteiger partial charge < -0.3 is 5.32 Å². The van der Waals surface area contributed by atoms with Crippen LogP contribution in [0.15, 0.2) is 24.4 Å². The number of halogens is 4. The second-order valence-corrected chi connectivity index (χ2v) is 4.61. The average molecular weight is 329 g/mol. The van der Waals surface area contributed by atoms with Crippen LogP contribution in [0.1, 0.15) is 21.6 Å². The molecule has 0 aliphatic rings. The number of rotatable bonds is 2. The number of hydrogen-bond donors (Lipinski definition) is 1. The first-order valence-electron chi connectivity index (χ1n) is 5.87. The van der Waals surface area contributed by atoms with E-state index >= 15 is 0 Å². The molecule has 1 aromatic heterocycles. The SMILES string of the molecule is CNC(=O)c1cnn(-c2ccc(Cl)cc2C(F)(F)F)c1C#N. The third-order valence-electron chi connectivity index (χ3n) is 2.84. The molecule has 0 saturated heterocycles. The predicted octanol–water partition coefficient (Wildman–Crippen LogP) is 2.78. The highest BCUT2D eigenvalue weighted by molar-refractivity contribution is 6.30. The summed E-state index contributed by atoms with van der Waals surface area (Å²) in [4.78, 5) is 11.6. The van der Waals surface area contributed by atoms with Crippen LogP contribution in [0.2, 0.25) is 5.02 Å². The molecule has 1 aromatic carbocycles. The normalized spacial score (nSPS) is 11.1. The summed E-state index contributed by atoms with van der Waals surface area (Å²) in [7, 11) is 1.34. The van der Waals surface area contributed by atoms with Gasteiger partial charge in [0.1, 0.15) is 6.07 Å². The van der Waals surface area contributed by atoms with Crippen molar-refractivity contribution in [2.45, 2.75) is 6.18 Å². The third kappa shape index (κ3) is 2.76. The number of nitrogens with zero attached hydrogens (tertiary/aromatic N) is 3. The maximum absolute atomic E-state index is 13.1. The highest BCUT2D eigenvalue weighted by Crippen LogP contribution is 2.36. The monoisotopic (exact) mass is 328 g/mol. The third-order valence-corrected chi connectivity index (χ3v) is 3.07. The highest BCUT2D eigenvalue weighted by atomic mass is 35.5. The fourth-order valence-corrected chi connectivity index (χ4v) is 2.03. The molecule has 1 heterocycles. The number of nitriles is 1. The molecule has 0 saturated carbocycles. The van der Waals surface area contributed by atoms with Gasteiger partial charge in [0.05, 0.1) is 23.0 Å². The lowest BCUT2D eigenvalue weighted by Gasteiger charge is -2.13. The molecule has 9 heteroatoms. The first-order valence-corrected chi connectivity index (χ1v) is 6.24. The standard InChI is InChI=1S/C13H8ClF3N4O/c1-19-12(22)8-6-20-21(11(8)5-18)10-3-2-7(14)4-9(10)13(15,16)17/h2-4,6H,1H3,(H,19,22). The van der Waals surface area contributed by atoms with E-state index in [4.69, 9.17) is 16.9 Å². The van der Waals surface area contributed by atoms with Gasteiger partial charge in [0.2, 0.25) is 0 Å². The van der Waals surface area contributed by atoms with Crippen LogP contribution in [0.4, 0.5) is 13.2 Å². The van der Waals surface area contributed by atoms with E-state index < -0.39 is 17.6 Å². The van der Waals surface area contributed by atoms with Crippen LogP contribution >= 0.6 is 11.6 Å². The van der Waals surface area contributed by atoms with Crippen LogP contribution in [-0.2, 0) is 6.18 Å². The lowest BCUT2D eigenvalue weighted by Crippen LogP contribution is -2.19. The Bertz CT molecular complexity index is 777. The molecule has 22 heavy (non-hydrogen) atoms. The van der Waals surface area contributed by atoms with Crippen LogP contribution in [0.3, 0.4) is 0 Å².